The summed E-state index contributed by atoms with van der Waals surface area (Å²) in [5, 5.41) is 51.3. The van der Waals surface area contributed by atoms with Gasteiger partial charge in [0, 0.05) is 12.8 Å². The molecule has 19 heteroatoms. The van der Waals surface area contributed by atoms with Crippen LogP contribution in [0.1, 0.15) is 123 Å². The number of phosphoric acid groups is 2. The van der Waals surface area contributed by atoms with Crippen molar-refractivity contribution in [1.82, 2.24) is 0 Å². The number of carbonyl (C=O) groups excluding carboxylic acids is 2. The molecular formula is C51H80O17P2. The second kappa shape index (κ2) is 39.9. The van der Waals surface area contributed by atoms with Crippen LogP contribution >= 0.6 is 15.6 Å². The maximum atomic E-state index is 13.0. The molecule has 1 rings (SSSR count). The van der Waals surface area contributed by atoms with E-state index in [1.54, 1.807) is 18.2 Å². The predicted molar refractivity (Wildman–Crippen MR) is 270 cm³/mol. The van der Waals surface area contributed by atoms with Crippen LogP contribution in [0.4, 0.5) is 0 Å². The normalized spacial score (nSPS) is 22.5. The molecule has 0 spiro atoms. The third-order valence-corrected chi connectivity index (χ3v) is 11.6. The lowest BCUT2D eigenvalue weighted by Crippen LogP contribution is -2.64. The van der Waals surface area contributed by atoms with Gasteiger partial charge < -0.3 is 49.7 Å². The lowest BCUT2D eigenvalue weighted by Gasteiger charge is -2.43. The predicted octanol–water partition coefficient (Wildman–Crippen LogP) is 8.47. The van der Waals surface area contributed by atoms with E-state index in [1.807, 2.05) is 42.5 Å². The molecule has 0 amide bonds. The van der Waals surface area contributed by atoms with Crippen LogP contribution in [0.3, 0.4) is 0 Å². The number of aliphatic hydroxyl groups excluding tert-OH is 5. The van der Waals surface area contributed by atoms with Crippen molar-refractivity contribution in [2.24, 2.45) is 0 Å². The zero-order valence-electron chi connectivity index (χ0n) is 40.7. The Labute approximate surface area is 414 Å². The zero-order valence-corrected chi connectivity index (χ0v) is 42.5. The summed E-state index contributed by atoms with van der Waals surface area (Å²) in [5.41, 5.74) is 0. The van der Waals surface area contributed by atoms with Gasteiger partial charge in [-0.3, -0.25) is 23.2 Å². The van der Waals surface area contributed by atoms with Crippen molar-refractivity contribution in [3.8, 4) is 0 Å². The van der Waals surface area contributed by atoms with Crippen molar-refractivity contribution >= 4 is 27.6 Å². The summed E-state index contributed by atoms with van der Waals surface area (Å²) in [6.07, 6.45) is 36.1. The molecule has 0 saturated heterocycles. The van der Waals surface area contributed by atoms with Crippen molar-refractivity contribution in [3.63, 3.8) is 0 Å². The highest BCUT2D eigenvalue weighted by atomic mass is 31.2. The van der Waals surface area contributed by atoms with Gasteiger partial charge in [0.25, 0.3) is 0 Å². The third kappa shape index (κ3) is 33.9. The van der Waals surface area contributed by atoms with E-state index in [9.17, 15) is 58.9 Å². The van der Waals surface area contributed by atoms with Crippen LogP contribution in [0.5, 0.6) is 0 Å². The lowest BCUT2D eigenvalue weighted by molar-refractivity contribution is -0.216. The molecule has 0 radical (unpaired) electrons. The minimum Gasteiger partial charge on any atom is -0.462 e. The van der Waals surface area contributed by atoms with Gasteiger partial charge in [0.15, 0.2) is 6.10 Å². The summed E-state index contributed by atoms with van der Waals surface area (Å²) in [6.45, 7) is 2.72. The van der Waals surface area contributed by atoms with E-state index >= 15 is 0 Å². The quantitative estimate of drug-likeness (QED) is 0.00946. The van der Waals surface area contributed by atoms with Gasteiger partial charge in [-0.25, -0.2) is 9.13 Å². The van der Waals surface area contributed by atoms with E-state index in [0.29, 0.717) is 25.7 Å². The number of rotatable bonds is 38. The fraction of sp³-hybridized carbons (Fsp3) is 0.569. The molecule has 0 aromatic heterocycles. The molecule has 17 nitrogen and oxygen atoms in total. The number of carbonyl (C=O) groups is 2. The second-order valence-corrected chi connectivity index (χ2v) is 18.9. The maximum Gasteiger partial charge on any atom is 0.472 e. The first-order valence-electron chi connectivity index (χ1n) is 24.2. The summed E-state index contributed by atoms with van der Waals surface area (Å²) in [4.78, 5) is 54.3. The number of ether oxygens (including phenoxy) is 2. The molecular weight excluding hydrogens is 946 g/mol. The molecule has 0 heterocycles. The Hall–Kier alpha value is -3.64. The van der Waals surface area contributed by atoms with E-state index in [0.717, 1.165) is 64.2 Å². The largest absolute Gasteiger partial charge is 0.472 e. The number of aliphatic hydroxyl groups is 5. The highest BCUT2D eigenvalue weighted by Crippen LogP contribution is 2.49. The Morgan fingerprint density at radius 3 is 1.60 bits per heavy atom. The Balaban J connectivity index is 2.69. The standard InChI is InChI=1S/C51H80O17P2/c1-3-5-7-9-11-12-13-14-15-16-17-18-19-23-26-30-34-38-44(53)64-40-43(41-65-70(62,63)68-51-48(57)46(55)47(56)50(49(51)58)67-69(59,60)61)66-45(54)39-35-31-27-24-21-20-22-25-29-33-37-42(52)36-32-28-10-8-6-4-2/h5-8,11-12,14-15,17-18,20-21,25,27-29,31-33,37,42-43,46-52,55-58H,3-4,9-10,13,16,19,22-24,26,30,34-36,38-41H2,1-2H3,(H,62,63)(H2,59,60,61)/b7-5-,8-6-,12-11-,15-14-,18-17-,21-20-,29-25-,31-27-,32-28-,37-33+/t42?,43-,46?,47?,48?,49?,50-,51+/m1/s1. The number of esters is 2. The van der Waals surface area contributed by atoms with Crippen LogP contribution in [-0.4, -0.2) is 114 Å². The zero-order chi connectivity index (χ0) is 51.9. The SMILES string of the molecule is CC/C=C\C/C=C\C/C=C\C/C=C\CCCCCCC(=O)OC[C@H](COP(=O)(O)O[C@H]1C(O)C(O)C(O)[C@@H](OP(=O)(O)O)C1O)OC(=O)CC/C=C\C/C=C\C/C=C\C=C\C(O)C/C=C\C/C=C\CC. The topological polar surface area (TPSA) is 276 Å². The van der Waals surface area contributed by atoms with Crippen molar-refractivity contribution in [3.05, 3.63) is 122 Å². The minimum absolute atomic E-state index is 0.0586. The van der Waals surface area contributed by atoms with Crippen LogP contribution in [0.2, 0.25) is 0 Å². The van der Waals surface area contributed by atoms with Crippen molar-refractivity contribution in [2.75, 3.05) is 13.2 Å². The Morgan fingerprint density at radius 2 is 1.03 bits per heavy atom. The number of hydrogen-bond acceptors (Lipinski definition) is 14. The highest BCUT2D eigenvalue weighted by Gasteiger charge is 2.54. The highest BCUT2D eigenvalue weighted by molar-refractivity contribution is 7.47. The van der Waals surface area contributed by atoms with Crippen molar-refractivity contribution in [1.29, 1.82) is 0 Å². The van der Waals surface area contributed by atoms with Crippen LogP contribution in [0.15, 0.2) is 122 Å². The van der Waals surface area contributed by atoms with Gasteiger partial charge in [-0.05, 0) is 83.5 Å². The summed E-state index contributed by atoms with van der Waals surface area (Å²) in [6, 6.07) is 0. The molecule has 1 fully saturated rings. The molecule has 0 aromatic carbocycles. The summed E-state index contributed by atoms with van der Waals surface area (Å²) in [7, 11) is -10.7. The van der Waals surface area contributed by atoms with Gasteiger partial charge in [-0.15, -0.1) is 0 Å². The summed E-state index contributed by atoms with van der Waals surface area (Å²) < 4.78 is 49.3. The lowest BCUT2D eigenvalue weighted by atomic mass is 9.85. The third-order valence-electron chi connectivity index (χ3n) is 10.1. The van der Waals surface area contributed by atoms with Crippen LogP contribution < -0.4 is 0 Å². The van der Waals surface area contributed by atoms with E-state index in [1.165, 1.54) is 0 Å². The van der Waals surface area contributed by atoms with Gasteiger partial charge in [-0.2, -0.15) is 0 Å². The first kappa shape index (κ1) is 64.4. The molecule has 9 atom stereocenters. The van der Waals surface area contributed by atoms with Gasteiger partial charge in [0.2, 0.25) is 0 Å². The molecule has 1 aliphatic rings. The maximum absolute atomic E-state index is 13.0. The number of hydrogen-bond donors (Lipinski definition) is 8. The molecule has 1 saturated carbocycles. The average Bonchev–Trinajstić information content (AvgIpc) is 3.31. The first-order valence-corrected chi connectivity index (χ1v) is 27.2. The van der Waals surface area contributed by atoms with Gasteiger partial charge in [0.05, 0.1) is 12.7 Å². The van der Waals surface area contributed by atoms with E-state index < -0.39 is 89.6 Å². The second-order valence-electron chi connectivity index (χ2n) is 16.3. The Kier molecular flexibility index (Phi) is 36.7. The molecule has 6 unspecified atom stereocenters. The van der Waals surface area contributed by atoms with E-state index in [2.05, 4.69) is 79.1 Å². The van der Waals surface area contributed by atoms with Crippen molar-refractivity contribution < 1.29 is 82.0 Å². The smallest absolute Gasteiger partial charge is 0.462 e. The van der Waals surface area contributed by atoms with Crippen molar-refractivity contribution in [2.45, 2.75) is 172 Å². The molecule has 1 aliphatic carbocycles. The molecule has 396 valence electrons. The molecule has 70 heavy (non-hydrogen) atoms. The minimum atomic E-state index is -5.39. The summed E-state index contributed by atoms with van der Waals surface area (Å²) in [5.74, 6) is -1.38. The van der Waals surface area contributed by atoms with Crippen LogP contribution in [0.25, 0.3) is 0 Å². The molecule has 8 N–H and O–H groups in total. The van der Waals surface area contributed by atoms with Gasteiger partial charge >= 0.3 is 27.6 Å². The molecule has 0 aromatic rings. The molecule has 0 bridgehead atoms. The summed E-state index contributed by atoms with van der Waals surface area (Å²) >= 11 is 0. The number of phosphoric ester groups is 2. The first-order chi connectivity index (χ1) is 33.5. The Bertz CT molecular complexity index is 1830. The van der Waals surface area contributed by atoms with Gasteiger partial charge in [0.1, 0.15) is 43.2 Å². The Morgan fingerprint density at radius 1 is 0.529 bits per heavy atom. The monoisotopic (exact) mass is 1030 g/mol. The average molecular weight is 1030 g/mol. The van der Waals surface area contributed by atoms with E-state index in [4.69, 9.17) is 18.5 Å². The fourth-order valence-electron chi connectivity index (χ4n) is 6.42. The number of allylic oxidation sites excluding steroid dienone is 18. The van der Waals surface area contributed by atoms with Gasteiger partial charge in [-0.1, -0.05) is 148 Å². The van der Waals surface area contributed by atoms with E-state index in [-0.39, 0.29) is 19.3 Å². The van der Waals surface area contributed by atoms with Crippen LogP contribution in [0, 0.1) is 0 Å². The molecule has 0 aliphatic heterocycles. The fourth-order valence-corrected chi connectivity index (χ4v) is 7.96. The number of unbranched alkanes of at least 4 members (excludes halogenated alkanes) is 4. The van der Waals surface area contributed by atoms with Crippen LogP contribution in [-0.2, 0) is 41.8 Å².